The van der Waals surface area contributed by atoms with Crippen LogP contribution in [0, 0.1) is 20.8 Å². The van der Waals surface area contributed by atoms with Gasteiger partial charge < -0.3 is 19.7 Å². The molecular formula is C19H25N5O2. The van der Waals surface area contributed by atoms with E-state index in [4.69, 9.17) is 9.47 Å². The van der Waals surface area contributed by atoms with Crippen LogP contribution >= 0.6 is 0 Å². The minimum absolute atomic E-state index is 0.381. The van der Waals surface area contributed by atoms with Crippen molar-refractivity contribution in [3.8, 4) is 0 Å². The van der Waals surface area contributed by atoms with Crippen molar-refractivity contribution in [1.29, 1.82) is 0 Å². The number of piperidine rings is 1. The van der Waals surface area contributed by atoms with Gasteiger partial charge in [0, 0.05) is 31.6 Å². The molecule has 2 fully saturated rings. The highest BCUT2D eigenvalue weighted by Gasteiger charge is 2.40. The average Bonchev–Trinajstić information content (AvgIpc) is 3.07. The number of hydrogen-bond acceptors (Lipinski definition) is 7. The van der Waals surface area contributed by atoms with E-state index >= 15 is 0 Å². The predicted octanol–water partition coefficient (Wildman–Crippen LogP) is 2.88. The van der Waals surface area contributed by atoms with E-state index in [0.717, 1.165) is 37.4 Å². The second kappa shape index (κ2) is 6.81. The van der Waals surface area contributed by atoms with Crippen LogP contribution in [0.15, 0.2) is 18.3 Å². The SMILES string of the molecule is Cc1cc(C)c(Nc2nncc(N3CCC4(CC3)OCCO4)n2)c(C)c1. The summed E-state index contributed by atoms with van der Waals surface area (Å²) in [6.45, 7) is 9.33. The lowest BCUT2D eigenvalue weighted by Crippen LogP contribution is -2.45. The quantitative estimate of drug-likeness (QED) is 0.907. The molecule has 0 radical (unpaired) electrons. The summed E-state index contributed by atoms with van der Waals surface area (Å²) in [7, 11) is 0. The van der Waals surface area contributed by atoms with Crippen LogP contribution in [0.25, 0.3) is 0 Å². The maximum absolute atomic E-state index is 5.79. The molecule has 0 bridgehead atoms. The van der Waals surface area contributed by atoms with Gasteiger partial charge in [0.25, 0.3) is 0 Å². The topological polar surface area (TPSA) is 72.4 Å². The zero-order valence-electron chi connectivity index (χ0n) is 15.6. The summed E-state index contributed by atoms with van der Waals surface area (Å²) in [6, 6.07) is 4.30. The summed E-state index contributed by atoms with van der Waals surface area (Å²) < 4.78 is 11.6. The van der Waals surface area contributed by atoms with Crippen LogP contribution in [0.4, 0.5) is 17.5 Å². The molecule has 26 heavy (non-hydrogen) atoms. The van der Waals surface area contributed by atoms with Gasteiger partial charge in [-0.25, -0.2) is 0 Å². The van der Waals surface area contributed by atoms with Crippen molar-refractivity contribution in [1.82, 2.24) is 15.2 Å². The zero-order valence-corrected chi connectivity index (χ0v) is 15.6. The maximum Gasteiger partial charge on any atom is 0.249 e. The Kier molecular flexibility index (Phi) is 4.50. The number of hydrogen-bond donors (Lipinski definition) is 1. The van der Waals surface area contributed by atoms with E-state index < -0.39 is 0 Å². The molecule has 0 saturated carbocycles. The Morgan fingerprint density at radius 1 is 1.04 bits per heavy atom. The van der Waals surface area contributed by atoms with Gasteiger partial charge in [0.1, 0.15) is 0 Å². The predicted molar refractivity (Wildman–Crippen MR) is 99.8 cm³/mol. The number of rotatable bonds is 3. The van der Waals surface area contributed by atoms with E-state index in [0.29, 0.717) is 19.2 Å². The zero-order chi connectivity index (χ0) is 18.1. The van der Waals surface area contributed by atoms with Crippen LogP contribution in [-0.4, -0.2) is 47.3 Å². The number of ether oxygens (including phenoxy) is 2. The van der Waals surface area contributed by atoms with Crippen molar-refractivity contribution < 1.29 is 9.47 Å². The summed E-state index contributed by atoms with van der Waals surface area (Å²) in [5, 5.41) is 11.6. The van der Waals surface area contributed by atoms with E-state index in [9.17, 15) is 0 Å². The number of anilines is 3. The molecule has 2 aromatic rings. The van der Waals surface area contributed by atoms with Gasteiger partial charge in [-0.1, -0.05) is 17.7 Å². The van der Waals surface area contributed by atoms with Gasteiger partial charge in [-0.2, -0.15) is 10.1 Å². The van der Waals surface area contributed by atoms with Crippen LogP contribution in [0.5, 0.6) is 0 Å². The molecule has 2 aliphatic rings. The summed E-state index contributed by atoms with van der Waals surface area (Å²) in [6.07, 6.45) is 3.40. The van der Waals surface area contributed by atoms with Gasteiger partial charge in [-0.05, 0) is 31.9 Å². The van der Waals surface area contributed by atoms with Gasteiger partial charge in [0.2, 0.25) is 5.95 Å². The van der Waals surface area contributed by atoms with Gasteiger partial charge >= 0.3 is 0 Å². The van der Waals surface area contributed by atoms with Gasteiger partial charge in [0.15, 0.2) is 11.6 Å². The van der Waals surface area contributed by atoms with Crippen molar-refractivity contribution in [2.24, 2.45) is 0 Å². The average molecular weight is 355 g/mol. The number of nitrogens with one attached hydrogen (secondary N) is 1. The molecule has 2 aliphatic heterocycles. The Labute approximate surface area is 153 Å². The van der Waals surface area contributed by atoms with Gasteiger partial charge in [-0.3, -0.25) is 0 Å². The smallest absolute Gasteiger partial charge is 0.249 e. The largest absolute Gasteiger partial charge is 0.355 e. The molecule has 138 valence electrons. The van der Waals surface area contributed by atoms with Gasteiger partial charge in [0.05, 0.1) is 19.4 Å². The lowest BCUT2D eigenvalue weighted by molar-refractivity contribution is -0.169. The van der Waals surface area contributed by atoms with E-state index in [1.54, 1.807) is 6.20 Å². The Balaban J connectivity index is 1.49. The Morgan fingerprint density at radius 3 is 2.35 bits per heavy atom. The van der Waals surface area contributed by atoms with Crippen LogP contribution in [0.3, 0.4) is 0 Å². The third kappa shape index (κ3) is 3.37. The van der Waals surface area contributed by atoms with Crippen molar-refractivity contribution in [3.63, 3.8) is 0 Å². The second-order valence-electron chi connectivity index (χ2n) is 7.13. The lowest BCUT2D eigenvalue weighted by atomic mass is 10.0. The molecule has 0 unspecified atom stereocenters. The highest BCUT2D eigenvalue weighted by molar-refractivity contribution is 5.64. The molecule has 1 aromatic heterocycles. The number of aryl methyl sites for hydroxylation is 3. The van der Waals surface area contributed by atoms with E-state index in [-0.39, 0.29) is 5.79 Å². The third-order valence-corrected chi connectivity index (χ3v) is 5.12. The molecule has 1 spiro atoms. The molecule has 0 aliphatic carbocycles. The Morgan fingerprint density at radius 2 is 1.69 bits per heavy atom. The highest BCUT2D eigenvalue weighted by Crippen LogP contribution is 2.33. The minimum atomic E-state index is -0.381. The maximum atomic E-state index is 5.79. The molecule has 4 rings (SSSR count). The Bertz CT molecular complexity index is 771. The van der Waals surface area contributed by atoms with Crippen LogP contribution in [0.2, 0.25) is 0 Å². The molecule has 3 heterocycles. The minimum Gasteiger partial charge on any atom is -0.355 e. The lowest BCUT2D eigenvalue weighted by Gasteiger charge is -2.37. The van der Waals surface area contributed by atoms with Crippen molar-refractivity contribution in [3.05, 3.63) is 35.0 Å². The second-order valence-corrected chi connectivity index (χ2v) is 7.13. The summed E-state index contributed by atoms with van der Waals surface area (Å²) in [4.78, 5) is 6.88. The van der Waals surface area contributed by atoms with E-state index in [1.807, 2.05) is 0 Å². The summed E-state index contributed by atoms with van der Waals surface area (Å²) in [5.74, 6) is 0.970. The highest BCUT2D eigenvalue weighted by atomic mass is 16.7. The first kappa shape index (κ1) is 17.2. The molecule has 0 atom stereocenters. The standard InChI is InChI=1S/C19H25N5O2/c1-13-10-14(2)17(15(3)11-13)22-18-21-16(12-20-23-18)24-6-4-19(5-7-24)25-8-9-26-19/h10-12H,4-9H2,1-3H3,(H,21,22,23). The summed E-state index contributed by atoms with van der Waals surface area (Å²) in [5.41, 5.74) is 4.63. The normalized spacial score (nSPS) is 19.1. The Hall–Kier alpha value is -2.25. The van der Waals surface area contributed by atoms with Gasteiger partial charge in [-0.15, -0.1) is 5.10 Å². The molecule has 7 nitrogen and oxygen atoms in total. The van der Waals surface area contributed by atoms with Crippen LogP contribution in [0.1, 0.15) is 29.5 Å². The van der Waals surface area contributed by atoms with Crippen molar-refractivity contribution in [2.45, 2.75) is 39.4 Å². The molecule has 2 saturated heterocycles. The fraction of sp³-hybridized carbons (Fsp3) is 0.526. The third-order valence-electron chi connectivity index (χ3n) is 5.12. The first-order chi connectivity index (χ1) is 12.5. The monoisotopic (exact) mass is 355 g/mol. The molecule has 0 amide bonds. The van der Waals surface area contributed by atoms with E-state index in [2.05, 4.69) is 58.3 Å². The molecule has 1 N–H and O–H groups in total. The van der Waals surface area contributed by atoms with Crippen molar-refractivity contribution >= 4 is 17.5 Å². The number of benzene rings is 1. The van der Waals surface area contributed by atoms with Crippen molar-refractivity contribution in [2.75, 3.05) is 36.5 Å². The fourth-order valence-corrected chi connectivity index (χ4v) is 3.85. The molecular weight excluding hydrogens is 330 g/mol. The first-order valence-electron chi connectivity index (χ1n) is 9.12. The molecule has 1 aromatic carbocycles. The van der Waals surface area contributed by atoms with Crippen LogP contribution < -0.4 is 10.2 Å². The number of aromatic nitrogens is 3. The number of nitrogens with zero attached hydrogens (tertiary/aromatic N) is 4. The summed E-state index contributed by atoms with van der Waals surface area (Å²) >= 11 is 0. The van der Waals surface area contributed by atoms with E-state index in [1.165, 1.54) is 16.7 Å². The first-order valence-corrected chi connectivity index (χ1v) is 9.12. The van der Waals surface area contributed by atoms with Crippen LogP contribution in [-0.2, 0) is 9.47 Å². The molecule has 7 heteroatoms. The fourth-order valence-electron chi connectivity index (χ4n) is 3.85.